The van der Waals surface area contributed by atoms with Gasteiger partial charge in [-0.15, -0.1) is 0 Å². The van der Waals surface area contributed by atoms with Crippen molar-refractivity contribution < 1.29 is 22.7 Å². The van der Waals surface area contributed by atoms with E-state index in [2.05, 4.69) is 15.7 Å². The second-order valence-corrected chi connectivity index (χ2v) is 10.6. The average Bonchev–Trinajstić information content (AvgIpc) is 3.15. The van der Waals surface area contributed by atoms with E-state index >= 15 is 0 Å². The molecule has 2 N–H and O–H groups in total. The van der Waals surface area contributed by atoms with Crippen LogP contribution in [0.25, 0.3) is 0 Å². The molecule has 9 nitrogen and oxygen atoms in total. The summed E-state index contributed by atoms with van der Waals surface area (Å²) in [7, 11) is -3.08. The fraction of sp³-hybridized carbons (Fsp3) is 0.450. The van der Waals surface area contributed by atoms with Crippen LogP contribution in [0, 0.1) is 6.92 Å². The Morgan fingerprint density at radius 3 is 2.40 bits per heavy atom. The number of carbonyl (C=O) groups is 2. The predicted octanol–water partition coefficient (Wildman–Crippen LogP) is 3.15. The largest absolute Gasteiger partial charge is 0.444 e. The molecule has 10 heteroatoms. The van der Waals surface area contributed by atoms with Crippen LogP contribution in [0.3, 0.4) is 0 Å². The molecule has 1 saturated heterocycles. The Bertz CT molecular complexity index is 1050. The Hall–Kier alpha value is -2.88. The summed E-state index contributed by atoms with van der Waals surface area (Å²) in [6.07, 6.45) is -0.109. The lowest BCUT2D eigenvalue weighted by atomic mass is 10.2. The Balaban J connectivity index is 1.68. The lowest BCUT2D eigenvalue weighted by Crippen LogP contribution is -2.27. The van der Waals surface area contributed by atoms with Crippen molar-refractivity contribution in [2.24, 2.45) is 0 Å². The molecule has 0 saturated carbocycles. The number of hydrogen-bond acceptors (Lipinski definition) is 6. The Kier molecular flexibility index (Phi) is 5.89. The number of nitrogens with one attached hydrogen (secondary N) is 2. The third-order valence-corrected chi connectivity index (χ3v) is 6.20. The predicted molar refractivity (Wildman–Crippen MR) is 114 cm³/mol. The van der Waals surface area contributed by atoms with Gasteiger partial charge in [0.2, 0.25) is 0 Å². The van der Waals surface area contributed by atoms with Gasteiger partial charge >= 0.3 is 6.09 Å². The number of aromatic nitrogens is 2. The number of rotatable bonds is 4. The van der Waals surface area contributed by atoms with E-state index in [0.29, 0.717) is 29.2 Å². The summed E-state index contributed by atoms with van der Waals surface area (Å²) in [6.45, 7) is 7.10. The summed E-state index contributed by atoms with van der Waals surface area (Å²) in [5, 5.41) is 9.76. The molecular weight excluding hydrogens is 408 g/mol. The van der Waals surface area contributed by atoms with Crippen LogP contribution < -0.4 is 10.6 Å². The molecule has 1 aromatic carbocycles. The number of aryl methyl sites for hydroxylation is 1. The Morgan fingerprint density at radius 1 is 1.17 bits per heavy atom. The van der Waals surface area contributed by atoms with E-state index in [-0.39, 0.29) is 23.5 Å². The minimum absolute atomic E-state index is 0.0159. The molecule has 1 aliphatic rings. The van der Waals surface area contributed by atoms with Crippen molar-refractivity contribution >= 4 is 33.3 Å². The molecule has 2 heterocycles. The smallest absolute Gasteiger partial charge is 0.412 e. The van der Waals surface area contributed by atoms with Crippen molar-refractivity contribution in [1.29, 1.82) is 0 Å². The molecule has 0 bridgehead atoms. The third kappa shape index (κ3) is 5.59. The summed E-state index contributed by atoms with van der Waals surface area (Å²) < 4.78 is 30.4. The van der Waals surface area contributed by atoms with Crippen molar-refractivity contribution in [1.82, 2.24) is 9.78 Å². The number of benzene rings is 1. The first-order valence-corrected chi connectivity index (χ1v) is 11.4. The molecule has 30 heavy (non-hydrogen) atoms. The zero-order valence-corrected chi connectivity index (χ0v) is 18.2. The molecule has 1 fully saturated rings. The van der Waals surface area contributed by atoms with Crippen LogP contribution >= 0.6 is 0 Å². The Morgan fingerprint density at radius 2 is 1.83 bits per heavy atom. The third-order valence-electron chi connectivity index (χ3n) is 4.45. The second-order valence-electron chi connectivity index (χ2n) is 8.33. The molecule has 162 valence electrons. The number of hydrogen-bond donors (Lipinski definition) is 2. The average molecular weight is 435 g/mol. The van der Waals surface area contributed by atoms with Gasteiger partial charge in [0.1, 0.15) is 11.4 Å². The highest BCUT2D eigenvalue weighted by Crippen LogP contribution is 2.27. The van der Waals surface area contributed by atoms with Gasteiger partial charge in [0.25, 0.3) is 5.91 Å². The molecule has 0 aliphatic carbocycles. The molecule has 1 atom stereocenters. The van der Waals surface area contributed by atoms with E-state index in [1.54, 1.807) is 62.7 Å². The van der Waals surface area contributed by atoms with Crippen LogP contribution in [0.5, 0.6) is 0 Å². The van der Waals surface area contributed by atoms with E-state index < -0.39 is 21.5 Å². The minimum Gasteiger partial charge on any atom is -0.444 e. The first-order chi connectivity index (χ1) is 13.9. The van der Waals surface area contributed by atoms with Crippen molar-refractivity contribution in [3.63, 3.8) is 0 Å². The van der Waals surface area contributed by atoms with Gasteiger partial charge in [-0.1, -0.05) is 0 Å². The first-order valence-electron chi connectivity index (χ1n) is 9.60. The maximum absolute atomic E-state index is 12.7. The normalized spacial score (nSPS) is 18.1. The molecule has 3 rings (SSSR count). The summed E-state index contributed by atoms with van der Waals surface area (Å²) in [5.74, 6) is 0.231. The van der Waals surface area contributed by atoms with E-state index in [9.17, 15) is 18.0 Å². The zero-order chi connectivity index (χ0) is 22.1. The molecule has 1 aliphatic heterocycles. The number of carbonyl (C=O) groups excluding carboxylic acids is 2. The lowest BCUT2D eigenvalue weighted by Gasteiger charge is -2.19. The van der Waals surface area contributed by atoms with Crippen LogP contribution in [0.15, 0.2) is 30.3 Å². The maximum Gasteiger partial charge on any atom is 0.412 e. The fourth-order valence-corrected chi connectivity index (χ4v) is 4.86. The van der Waals surface area contributed by atoms with Gasteiger partial charge in [0.05, 0.1) is 23.2 Å². The Labute approximate surface area is 175 Å². The van der Waals surface area contributed by atoms with Crippen molar-refractivity contribution in [2.75, 3.05) is 22.1 Å². The SMILES string of the molecule is Cc1cc(NC(=O)c2ccc(NC(=O)OC(C)(C)C)cc2)n(C2CCS(=O)(=O)C2)n1. The summed E-state index contributed by atoms with van der Waals surface area (Å²) in [5.41, 5.74) is 0.961. The second kappa shape index (κ2) is 8.10. The molecule has 1 unspecified atom stereocenters. The topological polar surface area (TPSA) is 119 Å². The van der Waals surface area contributed by atoms with Crippen LogP contribution in [-0.4, -0.2) is 47.3 Å². The van der Waals surface area contributed by atoms with Crippen LogP contribution in [0.4, 0.5) is 16.3 Å². The quantitative estimate of drug-likeness (QED) is 0.763. The van der Waals surface area contributed by atoms with Crippen LogP contribution in [0.1, 0.15) is 49.3 Å². The van der Waals surface area contributed by atoms with Gasteiger partial charge in [-0.25, -0.2) is 17.9 Å². The number of anilines is 2. The number of nitrogens with zero attached hydrogens (tertiary/aromatic N) is 2. The molecule has 0 spiro atoms. The minimum atomic E-state index is -3.08. The fourth-order valence-electron chi connectivity index (χ4n) is 3.17. The van der Waals surface area contributed by atoms with Crippen molar-refractivity contribution in [2.45, 2.75) is 45.8 Å². The maximum atomic E-state index is 12.7. The lowest BCUT2D eigenvalue weighted by molar-refractivity contribution is 0.0635. The summed E-state index contributed by atoms with van der Waals surface area (Å²) in [4.78, 5) is 24.5. The number of ether oxygens (including phenoxy) is 1. The van der Waals surface area contributed by atoms with E-state index in [0.717, 1.165) is 0 Å². The molecule has 1 aromatic heterocycles. The molecule has 2 amide bonds. The molecule has 0 radical (unpaired) electrons. The van der Waals surface area contributed by atoms with E-state index in [1.165, 1.54) is 0 Å². The van der Waals surface area contributed by atoms with Crippen molar-refractivity contribution in [3.8, 4) is 0 Å². The standard InChI is InChI=1S/C20H26N4O5S/c1-13-11-17(24(23-13)16-9-10-30(27,28)12-16)22-18(25)14-5-7-15(8-6-14)21-19(26)29-20(2,3)4/h5-8,11,16H,9-10,12H2,1-4H3,(H,21,26)(H,22,25). The highest BCUT2D eigenvalue weighted by molar-refractivity contribution is 7.91. The highest BCUT2D eigenvalue weighted by Gasteiger charge is 2.31. The summed E-state index contributed by atoms with van der Waals surface area (Å²) in [6, 6.07) is 7.78. The van der Waals surface area contributed by atoms with Crippen LogP contribution in [0.2, 0.25) is 0 Å². The van der Waals surface area contributed by atoms with Gasteiger partial charge in [0.15, 0.2) is 9.84 Å². The van der Waals surface area contributed by atoms with Gasteiger partial charge < -0.3 is 10.1 Å². The van der Waals surface area contributed by atoms with Crippen LogP contribution in [-0.2, 0) is 14.6 Å². The van der Waals surface area contributed by atoms with Crippen molar-refractivity contribution in [3.05, 3.63) is 41.6 Å². The van der Waals surface area contributed by atoms with E-state index in [4.69, 9.17) is 4.74 Å². The number of sulfone groups is 1. The molecule has 2 aromatic rings. The van der Waals surface area contributed by atoms with Gasteiger partial charge in [-0.05, 0) is 58.4 Å². The summed E-state index contributed by atoms with van der Waals surface area (Å²) >= 11 is 0. The highest BCUT2D eigenvalue weighted by atomic mass is 32.2. The molecular formula is C20H26N4O5S. The van der Waals surface area contributed by atoms with Gasteiger partial charge in [-0.2, -0.15) is 5.10 Å². The van der Waals surface area contributed by atoms with Gasteiger partial charge in [-0.3, -0.25) is 10.1 Å². The monoisotopic (exact) mass is 434 g/mol. The number of amides is 2. The first kappa shape index (κ1) is 21.8. The van der Waals surface area contributed by atoms with Gasteiger partial charge in [0, 0.05) is 17.3 Å². The zero-order valence-electron chi connectivity index (χ0n) is 17.4. The van der Waals surface area contributed by atoms with E-state index in [1.807, 2.05) is 0 Å².